The Labute approximate surface area is 122 Å². The Kier molecular flexibility index (Phi) is 6.70. The largest absolute Gasteiger partial charge is 0.419 e. The number of halogens is 4. The molecule has 0 radical (unpaired) electrons. The van der Waals surface area contributed by atoms with E-state index >= 15 is 0 Å². The fourth-order valence-electron chi connectivity index (χ4n) is 2.02. The summed E-state index contributed by atoms with van der Waals surface area (Å²) in [6.45, 7) is 4.37. The summed E-state index contributed by atoms with van der Waals surface area (Å²) in [5.74, 6) is 4.41. The number of benzene rings is 1. The van der Waals surface area contributed by atoms with Crippen LogP contribution in [-0.2, 0) is 6.18 Å². The zero-order valence-corrected chi connectivity index (χ0v) is 12.1. The van der Waals surface area contributed by atoms with Gasteiger partial charge in [0.1, 0.15) is 5.82 Å². The molecule has 0 saturated heterocycles. The van der Waals surface area contributed by atoms with E-state index in [0.717, 1.165) is 18.6 Å². The van der Waals surface area contributed by atoms with E-state index in [2.05, 4.69) is 17.2 Å². The lowest BCUT2D eigenvalue weighted by molar-refractivity contribution is -0.140. The van der Waals surface area contributed by atoms with Crippen molar-refractivity contribution in [3.05, 3.63) is 35.1 Å². The molecule has 21 heavy (non-hydrogen) atoms. The number of hydrogen-bond acceptors (Lipinski definition) is 1. The van der Waals surface area contributed by atoms with Crippen LogP contribution in [0, 0.1) is 17.7 Å². The van der Waals surface area contributed by atoms with Gasteiger partial charge in [-0.25, -0.2) is 4.39 Å². The van der Waals surface area contributed by atoms with E-state index in [4.69, 9.17) is 0 Å². The first-order valence-corrected chi connectivity index (χ1v) is 6.89. The summed E-state index contributed by atoms with van der Waals surface area (Å²) in [7, 11) is 0. The summed E-state index contributed by atoms with van der Waals surface area (Å²) in [6, 6.07) is 2.91. The van der Waals surface area contributed by atoms with Gasteiger partial charge < -0.3 is 5.32 Å². The maximum Gasteiger partial charge on any atom is 0.419 e. The average Bonchev–Trinajstić information content (AvgIpc) is 2.42. The van der Waals surface area contributed by atoms with Crippen LogP contribution in [0.1, 0.15) is 50.3 Å². The van der Waals surface area contributed by atoms with Gasteiger partial charge in [0, 0.05) is 12.5 Å². The predicted octanol–water partition coefficient (Wildman–Crippen LogP) is 4.69. The van der Waals surface area contributed by atoms with Gasteiger partial charge >= 0.3 is 6.18 Å². The summed E-state index contributed by atoms with van der Waals surface area (Å²) in [5.41, 5.74) is -0.778. The van der Waals surface area contributed by atoms with E-state index in [0.29, 0.717) is 24.9 Å². The molecule has 0 fully saturated rings. The first-order chi connectivity index (χ1) is 9.90. The van der Waals surface area contributed by atoms with E-state index in [1.807, 2.05) is 6.92 Å². The highest BCUT2D eigenvalue weighted by atomic mass is 19.4. The van der Waals surface area contributed by atoms with Crippen LogP contribution in [0.2, 0.25) is 0 Å². The van der Waals surface area contributed by atoms with E-state index in [1.54, 1.807) is 6.92 Å². The quantitative estimate of drug-likeness (QED) is 0.594. The lowest BCUT2D eigenvalue weighted by atomic mass is 9.99. The monoisotopic (exact) mass is 301 g/mol. The first kappa shape index (κ1) is 17.5. The molecule has 0 aliphatic heterocycles. The van der Waals surface area contributed by atoms with Crippen LogP contribution in [0.25, 0.3) is 0 Å². The second-order valence-corrected chi connectivity index (χ2v) is 4.71. The van der Waals surface area contributed by atoms with Crippen molar-refractivity contribution in [2.45, 2.75) is 45.3 Å². The number of alkyl halides is 3. The van der Waals surface area contributed by atoms with Gasteiger partial charge in [-0.15, -0.1) is 11.8 Å². The molecular weight excluding hydrogens is 282 g/mol. The molecule has 1 atom stereocenters. The number of nitrogens with one attached hydrogen (secondary N) is 1. The predicted molar refractivity (Wildman–Crippen MR) is 75.1 cm³/mol. The van der Waals surface area contributed by atoms with Gasteiger partial charge in [-0.3, -0.25) is 0 Å². The van der Waals surface area contributed by atoms with Crippen molar-refractivity contribution in [1.29, 1.82) is 0 Å². The molecule has 0 aliphatic rings. The van der Waals surface area contributed by atoms with Crippen molar-refractivity contribution < 1.29 is 17.6 Å². The normalized spacial score (nSPS) is 12.7. The van der Waals surface area contributed by atoms with Gasteiger partial charge in [0.25, 0.3) is 0 Å². The molecule has 1 N–H and O–H groups in total. The van der Waals surface area contributed by atoms with E-state index in [-0.39, 0.29) is 6.04 Å². The maximum absolute atomic E-state index is 13.3. The zero-order chi connectivity index (χ0) is 15.9. The fourth-order valence-corrected chi connectivity index (χ4v) is 2.02. The summed E-state index contributed by atoms with van der Waals surface area (Å²) in [5, 5.41) is 3.19. The highest BCUT2D eigenvalue weighted by molar-refractivity contribution is 5.29. The van der Waals surface area contributed by atoms with Gasteiger partial charge in [-0.1, -0.05) is 13.0 Å². The third kappa shape index (κ3) is 5.39. The van der Waals surface area contributed by atoms with Gasteiger partial charge in [-0.2, -0.15) is 13.2 Å². The van der Waals surface area contributed by atoms with Gasteiger partial charge in [0.2, 0.25) is 0 Å². The van der Waals surface area contributed by atoms with E-state index in [9.17, 15) is 17.6 Å². The van der Waals surface area contributed by atoms with Crippen molar-refractivity contribution in [1.82, 2.24) is 5.32 Å². The second kappa shape index (κ2) is 8.04. The molecule has 1 unspecified atom stereocenters. The van der Waals surface area contributed by atoms with Crippen LogP contribution in [0.15, 0.2) is 18.2 Å². The van der Waals surface area contributed by atoms with Crippen LogP contribution < -0.4 is 5.32 Å². The molecule has 1 rings (SSSR count). The summed E-state index contributed by atoms with van der Waals surface area (Å²) >= 11 is 0. The highest BCUT2D eigenvalue weighted by Crippen LogP contribution is 2.33. The summed E-state index contributed by atoms with van der Waals surface area (Å²) in [6.07, 6.45) is -2.65. The fraction of sp³-hybridized carbons (Fsp3) is 0.500. The SMILES string of the molecule is CC#CCCC(NCCC)c1ccc(F)c(C(F)(F)F)c1. The Morgan fingerprint density at radius 3 is 2.57 bits per heavy atom. The Balaban J connectivity index is 3.02. The summed E-state index contributed by atoms with van der Waals surface area (Å²) in [4.78, 5) is 0. The number of hydrogen-bond donors (Lipinski definition) is 1. The molecule has 0 heterocycles. The van der Waals surface area contributed by atoms with E-state index in [1.165, 1.54) is 6.07 Å². The Morgan fingerprint density at radius 2 is 2.00 bits per heavy atom. The molecular formula is C16H19F4N. The molecule has 0 spiro atoms. The smallest absolute Gasteiger partial charge is 0.310 e. The van der Waals surface area contributed by atoms with Gasteiger partial charge in [0.15, 0.2) is 0 Å². The van der Waals surface area contributed by atoms with Crippen molar-refractivity contribution in [3.63, 3.8) is 0 Å². The van der Waals surface area contributed by atoms with Crippen LogP contribution in [0.5, 0.6) is 0 Å². The van der Waals surface area contributed by atoms with Crippen LogP contribution in [-0.4, -0.2) is 6.54 Å². The Bertz CT molecular complexity index is 511. The molecule has 0 aromatic heterocycles. The minimum absolute atomic E-state index is 0.257. The highest BCUT2D eigenvalue weighted by Gasteiger charge is 2.34. The minimum atomic E-state index is -4.68. The summed E-state index contributed by atoms with van der Waals surface area (Å²) < 4.78 is 51.6. The molecule has 0 saturated carbocycles. The Morgan fingerprint density at radius 1 is 1.29 bits per heavy atom. The average molecular weight is 301 g/mol. The molecule has 0 amide bonds. The molecule has 0 bridgehead atoms. The zero-order valence-electron chi connectivity index (χ0n) is 12.1. The van der Waals surface area contributed by atoms with Crippen molar-refractivity contribution in [3.8, 4) is 11.8 Å². The Hall–Kier alpha value is -1.54. The van der Waals surface area contributed by atoms with Crippen LogP contribution in [0.3, 0.4) is 0 Å². The molecule has 1 nitrogen and oxygen atoms in total. The first-order valence-electron chi connectivity index (χ1n) is 6.89. The second-order valence-electron chi connectivity index (χ2n) is 4.71. The van der Waals surface area contributed by atoms with Crippen molar-refractivity contribution >= 4 is 0 Å². The van der Waals surface area contributed by atoms with Crippen molar-refractivity contribution in [2.24, 2.45) is 0 Å². The van der Waals surface area contributed by atoms with Crippen LogP contribution >= 0.6 is 0 Å². The minimum Gasteiger partial charge on any atom is -0.310 e. The van der Waals surface area contributed by atoms with E-state index < -0.39 is 17.6 Å². The van der Waals surface area contributed by atoms with Crippen molar-refractivity contribution in [2.75, 3.05) is 6.54 Å². The van der Waals surface area contributed by atoms with Gasteiger partial charge in [0.05, 0.1) is 5.56 Å². The number of rotatable bonds is 6. The molecule has 5 heteroatoms. The lowest BCUT2D eigenvalue weighted by Crippen LogP contribution is -2.23. The molecule has 1 aromatic rings. The maximum atomic E-state index is 13.3. The molecule has 1 aromatic carbocycles. The third-order valence-electron chi connectivity index (χ3n) is 3.07. The molecule has 116 valence electrons. The lowest BCUT2D eigenvalue weighted by Gasteiger charge is -2.19. The van der Waals surface area contributed by atoms with Crippen LogP contribution in [0.4, 0.5) is 17.6 Å². The third-order valence-corrected chi connectivity index (χ3v) is 3.07. The standard InChI is InChI=1S/C16H19F4N/c1-3-5-6-7-15(21-10-4-2)12-8-9-14(17)13(11-12)16(18,19)20/h8-9,11,15,21H,4,6-7,10H2,1-2H3. The van der Waals surface area contributed by atoms with Gasteiger partial charge in [-0.05, 0) is 44.0 Å². The molecule has 0 aliphatic carbocycles. The topological polar surface area (TPSA) is 12.0 Å².